The second kappa shape index (κ2) is 6.66. The van der Waals surface area contributed by atoms with Crippen LogP contribution in [-0.4, -0.2) is 44.3 Å². The van der Waals surface area contributed by atoms with Gasteiger partial charge >= 0.3 is 0 Å². The summed E-state index contributed by atoms with van der Waals surface area (Å²) in [7, 11) is 1.83. The standard InChI is InChI=1S/C14H20ClFN2O/c1-3-18-6-7-19-13(9-18)14(17-2)11-5-4-10(15)8-12(11)16/h4-5,8,13-14,17H,3,6-7,9H2,1-2H3. The highest BCUT2D eigenvalue weighted by Crippen LogP contribution is 2.26. The highest BCUT2D eigenvalue weighted by molar-refractivity contribution is 6.30. The Morgan fingerprint density at radius 2 is 2.37 bits per heavy atom. The molecule has 1 aliphatic rings. The van der Waals surface area contributed by atoms with E-state index >= 15 is 0 Å². The molecule has 106 valence electrons. The van der Waals surface area contributed by atoms with Gasteiger partial charge in [0.15, 0.2) is 0 Å². The van der Waals surface area contributed by atoms with Crippen LogP contribution in [0.3, 0.4) is 0 Å². The largest absolute Gasteiger partial charge is 0.374 e. The van der Waals surface area contributed by atoms with E-state index in [1.54, 1.807) is 12.1 Å². The molecule has 0 radical (unpaired) electrons. The summed E-state index contributed by atoms with van der Waals surface area (Å²) >= 11 is 5.80. The Kier molecular flexibility index (Phi) is 5.16. The number of hydrogen-bond donors (Lipinski definition) is 1. The van der Waals surface area contributed by atoms with Gasteiger partial charge in [-0.25, -0.2) is 4.39 Å². The first-order valence-electron chi connectivity index (χ1n) is 6.62. The van der Waals surface area contributed by atoms with Crippen molar-refractivity contribution in [3.05, 3.63) is 34.6 Å². The van der Waals surface area contributed by atoms with Crippen molar-refractivity contribution in [2.24, 2.45) is 0 Å². The Bertz CT molecular complexity index is 430. The lowest BCUT2D eigenvalue weighted by Gasteiger charge is -2.36. The maximum atomic E-state index is 14.0. The summed E-state index contributed by atoms with van der Waals surface area (Å²) in [6, 6.07) is 4.63. The van der Waals surface area contributed by atoms with Gasteiger partial charge in [-0.3, -0.25) is 4.90 Å². The smallest absolute Gasteiger partial charge is 0.129 e. The Labute approximate surface area is 118 Å². The molecule has 0 amide bonds. The minimum absolute atomic E-state index is 0.0469. The first kappa shape index (κ1) is 14.7. The highest BCUT2D eigenvalue weighted by atomic mass is 35.5. The number of rotatable bonds is 4. The Balaban J connectivity index is 2.19. The number of likely N-dealkylation sites (N-methyl/N-ethyl adjacent to an activating group) is 2. The zero-order chi connectivity index (χ0) is 13.8. The fourth-order valence-corrected chi connectivity index (χ4v) is 2.67. The molecule has 0 saturated carbocycles. The van der Waals surface area contributed by atoms with Crippen molar-refractivity contribution in [1.29, 1.82) is 0 Å². The van der Waals surface area contributed by atoms with Crippen molar-refractivity contribution in [3.8, 4) is 0 Å². The van der Waals surface area contributed by atoms with Gasteiger partial charge in [0.2, 0.25) is 0 Å². The molecule has 1 fully saturated rings. The molecule has 1 aromatic rings. The molecular formula is C14H20ClFN2O. The third kappa shape index (κ3) is 3.45. The van der Waals surface area contributed by atoms with Crippen LogP contribution in [-0.2, 0) is 4.74 Å². The van der Waals surface area contributed by atoms with Crippen molar-refractivity contribution < 1.29 is 9.13 Å². The molecule has 19 heavy (non-hydrogen) atoms. The maximum Gasteiger partial charge on any atom is 0.129 e. The van der Waals surface area contributed by atoms with Crippen LogP contribution in [0.1, 0.15) is 18.5 Å². The summed E-state index contributed by atoms with van der Waals surface area (Å²) in [5.74, 6) is -0.288. The number of benzene rings is 1. The van der Waals surface area contributed by atoms with Crippen LogP contribution in [0.5, 0.6) is 0 Å². The SMILES string of the molecule is CCN1CCOC(C(NC)c2ccc(Cl)cc2F)C1. The number of nitrogens with zero attached hydrogens (tertiary/aromatic N) is 1. The van der Waals surface area contributed by atoms with Crippen LogP contribution >= 0.6 is 11.6 Å². The monoisotopic (exact) mass is 286 g/mol. The second-order valence-corrected chi connectivity index (χ2v) is 5.17. The summed E-state index contributed by atoms with van der Waals surface area (Å²) in [5, 5.41) is 3.57. The predicted molar refractivity (Wildman–Crippen MR) is 75.1 cm³/mol. The molecule has 1 aliphatic heterocycles. The average molecular weight is 287 g/mol. The van der Waals surface area contributed by atoms with Crippen LogP contribution in [0, 0.1) is 5.82 Å². The van der Waals surface area contributed by atoms with Crippen molar-refractivity contribution in [1.82, 2.24) is 10.2 Å². The summed E-state index contributed by atoms with van der Waals surface area (Å²) < 4.78 is 19.8. The summed E-state index contributed by atoms with van der Waals surface area (Å²) in [6.45, 7) is 5.54. The minimum Gasteiger partial charge on any atom is -0.374 e. The van der Waals surface area contributed by atoms with Gasteiger partial charge in [0.05, 0.1) is 18.8 Å². The number of ether oxygens (including phenoxy) is 1. The number of halogens is 2. The fourth-order valence-electron chi connectivity index (χ4n) is 2.52. The van der Waals surface area contributed by atoms with E-state index in [9.17, 15) is 4.39 Å². The van der Waals surface area contributed by atoms with E-state index in [1.165, 1.54) is 6.07 Å². The molecule has 0 aromatic heterocycles. The highest BCUT2D eigenvalue weighted by Gasteiger charge is 2.29. The second-order valence-electron chi connectivity index (χ2n) is 4.73. The molecule has 5 heteroatoms. The van der Waals surface area contributed by atoms with Crippen molar-refractivity contribution in [2.45, 2.75) is 19.1 Å². The van der Waals surface area contributed by atoms with E-state index in [4.69, 9.17) is 16.3 Å². The molecule has 0 spiro atoms. The van der Waals surface area contributed by atoms with Gasteiger partial charge < -0.3 is 10.1 Å². The van der Waals surface area contributed by atoms with Crippen LogP contribution < -0.4 is 5.32 Å². The first-order valence-corrected chi connectivity index (χ1v) is 6.99. The van der Waals surface area contributed by atoms with Crippen LogP contribution in [0.25, 0.3) is 0 Å². The summed E-state index contributed by atoms with van der Waals surface area (Å²) in [6.07, 6.45) is -0.0469. The van der Waals surface area contributed by atoms with E-state index in [-0.39, 0.29) is 18.0 Å². The molecular weight excluding hydrogens is 267 g/mol. The van der Waals surface area contributed by atoms with Gasteiger partial charge in [-0.2, -0.15) is 0 Å². The topological polar surface area (TPSA) is 24.5 Å². The number of morpholine rings is 1. The Hall–Kier alpha value is -0.680. The van der Waals surface area contributed by atoms with Gasteiger partial charge in [0.25, 0.3) is 0 Å². The molecule has 2 rings (SSSR count). The fraction of sp³-hybridized carbons (Fsp3) is 0.571. The van der Waals surface area contributed by atoms with E-state index in [2.05, 4.69) is 17.1 Å². The van der Waals surface area contributed by atoms with Crippen molar-refractivity contribution in [3.63, 3.8) is 0 Å². The third-order valence-electron chi connectivity index (χ3n) is 3.61. The molecule has 2 unspecified atom stereocenters. The zero-order valence-electron chi connectivity index (χ0n) is 11.3. The van der Waals surface area contributed by atoms with E-state index < -0.39 is 0 Å². The number of hydrogen-bond acceptors (Lipinski definition) is 3. The van der Waals surface area contributed by atoms with Crippen molar-refractivity contribution >= 4 is 11.6 Å². The maximum absolute atomic E-state index is 14.0. The molecule has 0 aliphatic carbocycles. The zero-order valence-corrected chi connectivity index (χ0v) is 12.1. The lowest BCUT2D eigenvalue weighted by atomic mass is 9.99. The van der Waals surface area contributed by atoms with Crippen LogP contribution in [0.4, 0.5) is 4.39 Å². The van der Waals surface area contributed by atoms with Gasteiger partial charge in [0.1, 0.15) is 5.82 Å². The Morgan fingerprint density at radius 1 is 1.58 bits per heavy atom. The molecule has 1 aromatic carbocycles. The summed E-state index contributed by atoms with van der Waals surface area (Å²) in [5.41, 5.74) is 0.606. The minimum atomic E-state index is -0.288. The third-order valence-corrected chi connectivity index (χ3v) is 3.84. The molecule has 1 N–H and O–H groups in total. The number of nitrogens with one attached hydrogen (secondary N) is 1. The lowest BCUT2D eigenvalue weighted by molar-refractivity contribution is -0.0449. The molecule has 3 nitrogen and oxygen atoms in total. The first-order chi connectivity index (χ1) is 9.15. The quantitative estimate of drug-likeness (QED) is 0.920. The average Bonchev–Trinajstić information content (AvgIpc) is 2.42. The van der Waals surface area contributed by atoms with Gasteiger partial charge in [0, 0.05) is 23.7 Å². The molecule has 0 bridgehead atoms. The molecule has 1 saturated heterocycles. The van der Waals surface area contributed by atoms with E-state index in [1.807, 2.05) is 7.05 Å². The molecule has 1 heterocycles. The summed E-state index contributed by atoms with van der Waals surface area (Å²) in [4.78, 5) is 2.31. The van der Waals surface area contributed by atoms with Crippen LogP contribution in [0.15, 0.2) is 18.2 Å². The molecule has 2 atom stereocenters. The van der Waals surface area contributed by atoms with Gasteiger partial charge in [-0.05, 0) is 25.7 Å². The Morgan fingerprint density at radius 3 is 3.00 bits per heavy atom. The normalized spacial score (nSPS) is 22.4. The van der Waals surface area contributed by atoms with Crippen LogP contribution in [0.2, 0.25) is 5.02 Å². The van der Waals surface area contributed by atoms with Crippen molar-refractivity contribution in [2.75, 3.05) is 33.3 Å². The van der Waals surface area contributed by atoms with E-state index in [0.29, 0.717) is 17.2 Å². The predicted octanol–water partition coefficient (Wildman–Crippen LogP) is 2.46. The lowest BCUT2D eigenvalue weighted by Crippen LogP contribution is -2.47. The van der Waals surface area contributed by atoms with Gasteiger partial charge in [-0.1, -0.05) is 24.6 Å². The van der Waals surface area contributed by atoms with Gasteiger partial charge in [-0.15, -0.1) is 0 Å². The van der Waals surface area contributed by atoms with E-state index in [0.717, 1.165) is 19.6 Å².